The molecule has 4 N–H and O–H groups in total. The molecule has 2 saturated heterocycles. The summed E-state index contributed by atoms with van der Waals surface area (Å²) < 4.78 is 32.7. The average molecular weight is 902 g/mol. The van der Waals surface area contributed by atoms with Crippen molar-refractivity contribution in [3.05, 3.63) is 117 Å². The number of phenols is 1. The van der Waals surface area contributed by atoms with Gasteiger partial charge in [-0.2, -0.15) is 4.98 Å². The van der Waals surface area contributed by atoms with E-state index in [0.29, 0.717) is 73.6 Å². The van der Waals surface area contributed by atoms with Gasteiger partial charge in [0.1, 0.15) is 29.1 Å². The highest BCUT2D eigenvalue weighted by Gasteiger charge is 2.45. The normalized spacial score (nSPS) is 17.6. The lowest BCUT2D eigenvalue weighted by Gasteiger charge is -2.40. The van der Waals surface area contributed by atoms with Gasteiger partial charge in [-0.1, -0.05) is 30.3 Å². The van der Waals surface area contributed by atoms with Crippen LogP contribution in [-0.2, 0) is 20.9 Å². The first-order chi connectivity index (χ1) is 31.7. The Labute approximate surface area is 378 Å². The van der Waals surface area contributed by atoms with Gasteiger partial charge in [-0.25, -0.2) is 23.1 Å². The number of carbonyl (C=O) groups excluding carboxylic acids is 5. The van der Waals surface area contributed by atoms with Gasteiger partial charge in [-0.3, -0.25) is 39.1 Å². The number of rotatable bonds is 14. The molecule has 0 radical (unpaired) electrons. The number of aromatic hydroxyl groups is 1. The molecule has 2 atom stereocenters. The molecule has 0 spiro atoms. The second-order valence-electron chi connectivity index (χ2n) is 16.8. The number of carbonyl (C=O) groups is 5. The van der Waals surface area contributed by atoms with E-state index in [1.54, 1.807) is 32.0 Å². The number of aryl methyl sites for hydroxylation is 1. The number of piperazine rings is 1. The van der Waals surface area contributed by atoms with Crippen molar-refractivity contribution in [2.75, 3.05) is 42.9 Å². The number of nitrogens with zero attached hydrogens (tertiary/aromatic N) is 6. The number of hydrogen-bond donors (Lipinski definition) is 4. The van der Waals surface area contributed by atoms with Crippen molar-refractivity contribution in [2.45, 2.75) is 71.5 Å². The van der Waals surface area contributed by atoms with E-state index in [-0.39, 0.29) is 65.7 Å². The molecule has 5 aromatic rings. The molecule has 5 heterocycles. The van der Waals surface area contributed by atoms with Gasteiger partial charge in [-0.15, -0.1) is 6.58 Å². The van der Waals surface area contributed by atoms with Crippen molar-refractivity contribution in [3.8, 4) is 22.7 Å². The monoisotopic (exact) mass is 901 g/mol. The van der Waals surface area contributed by atoms with Gasteiger partial charge in [0.15, 0.2) is 11.5 Å². The molecule has 5 amide bonds. The van der Waals surface area contributed by atoms with Crippen molar-refractivity contribution in [1.29, 1.82) is 0 Å². The SMILES string of the molecule is C=CCN1CCN(c2nc(=O)n(-c3c(C)ccc(CNC(=O)CCCCNc4cccc5c4C(=O)N(C4CCC(=O)NC4=O)C5=O)c3C)c3nc(-c4c(O)cccc4F)c(F)cc23)[C@@H](C)C1. The fraction of sp³-hybridized carbons (Fsp3) is 0.333. The first-order valence-electron chi connectivity index (χ1n) is 21.8. The van der Waals surface area contributed by atoms with Crippen LogP contribution in [0.5, 0.6) is 5.75 Å². The predicted octanol–water partition coefficient (Wildman–Crippen LogP) is 5.04. The van der Waals surface area contributed by atoms with Crippen molar-refractivity contribution < 1.29 is 37.9 Å². The highest BCUT2D eigenvalue weighted by Crippen LogP contribution is 2.37. The summed E-state index contributed by atoms with van der Waals surface area (Å²) in [6, 6.07) is 12.0. The van der Waals surface area contributed by atoms with Gasteiger partial charge in [0.2, 0.25) is 17.7 Å². The summed E-state index contributed by atoms with van der Waals surface area (Å²) in [7, 11) is 0. The van der Waals surface area contributed by atoms with Crippen LogP contribution in [0.1, 0.15) is 76.4 Å². The summed E-state index contributed by atoms with van der Waals surface area (Å²) in [5.74, 6) is -4.70. The Morgan fingerprint density at radius 3 is 2.50 bits per heavy atom. The maximum Gasteiger partial charge on any atom is 0.355 e. The number of hydrogen-bond acceptors (Lipinski definition) is 12. The van der Waals surface area contributed by atoms with Crippen molar-refractivity contribution in [1.82, 2.24) is 35.0 Å². The van der Waals surface area contributed by atoms with E-state index in [2.05, 4.69) is 37.4 Å². The third kappa shape index (κ3) is 8.51. The number of unbranched alkanes of at least 4 members (excludes halogenated alkanes) is 1. The molecule has 1 unspecified atom stereocenters. The van der Waals surface area contributed by atoms with Crippen LogP contribution in [0.2, 0.25) is 0 Å². The molecule has 3 aliphatic heterocycles. The Morgan fingerprint density at radius 1 is 0.970 bits per heavy atom. The predicted molar refractivity (Wildman–Crippen MR) is 242 cm³/mol. The number of halogens is 2. The lowest BCUT2D eigenvalue weighted by Crippen LogP contribution is -2.54. The van der Waals surface area contributed by atoms with Crippen LogP contribution in [0.3, 0.4) is 0 Å². The van der Waals surface area contributed by atoms with Crippen LogP contribution in [-0.4, -0.2) is 104 Å². The highest BCUT2D eigenvalue weighted by atomic mass is 19.1. The minimum absolute atomic E-state index is 0.00818. The topological polar surface area (TPSA) is 199 Å². The molecule has 0 saturated carbocycles. The zero-order valence-corrected chi connectivity index (χ0v) is 36.7. The molecule has 0 bridgehead atoms. The molecule has 18 heteroatoms. The zero-order valence-electron chi connectivity index (χ0n) is 36.7. The van der Waals surface area contributed by atoms with Crippen LogP contribution in [0.25, 0.3) is 28.0 Å². The summed E-state index contributed by atoms with van der Waals surface area (Å²) in [5.41, 5.74) is 1.47. The second-order valence-corrected chi connectivity index (χ2v) is 16.8. The summed E-state index contributed by atoms with van der Waals surface area (Å²) in [6.07, 6.45) is 3.07. The van der Waals surface area contributed by atoms with Crippen molar-refractivity contribution in [2.24, 2.45) is 0 Å². The zero-order chi connectivity index (χ0) is 47.0. The number of anilines is 2. The first-order valence-corrected chi connectivity index (χ1v) is 21.8. The van der Waals surface area contributed by atoms with Gasteiger partial charge in [-0.05, 0) is 87.1 Å². The number of imide groups is 2. The minimum atomic E-state index is -1.08. The van der Waals surface area contributed by atoms with Crippen LogP contribution >= 0.6 is 0 Å². The Bertz CT molecular complexity index is 2880. The van der Waals surface area contributed by atoms with Gasteiger partial charge in [0.25, 0.3) is 11.8 Å². The van der Waals surface area contributed by atoms with Gasteiger partial charge < -0.3 is 20.6 Å². The number of amides is 5. The van der Waals surface area contributed by atoms with Crippen molar-refractivity contribution >= 4 is 52.1 Å². The number of aromatic nitrogens is 3. The van der Waals surface area contributed by atoms with E-state index >= 15 is 8.78 Å². The molecule has 2 aromatic heterocycles. The largest absolute Gasteiger partial charge is 0.507 e. The molecule has 2 fully saturated rings. The van der Waals surface area contributed by atoms with Crippen LogP contribution in [0.15, 0.2) is 72.0 Å². The average Bonchev–Trinajstić information content (AvgIpc) is 3.53. The Hall–Kier alpha value is -7.34. The van der Waals surface area contributed by atoms with E-state index < -0.39 is 64.0 Å². The Kier molecular flexibility index (Phi) is 12.8. The van der Waals surface area contributed by atoms with E-state index in [1.807, 2.05) is 24.0 Å². The van der Waals surface area contributed by atoms with Gasteiger partial charge in [0.05, 0.1) is 27.8 Å². The number of phenolic OH excluding ortho intramolecular Hbond substituents is 1. The quantitative estimate of drug-likeness (QED) is 0.0659. The number of benzene rings is 3. The second kappa shape index (κ2) is 18.6. The third-order valence-electron chi connectivity index (χ3n) is 12.5. The van der Waals surface area contributed by atoms with E-state index in [9.17, 15) is 33.9 Å². The van der Waals surface area contributed by atoms with Gasteiger partial charge in [0, 0.05) is 63.8 Å². The number of fused-ring (bicyclic) bond motifs is 2. The van der Waals surface area contributed by atoms with Crippen molar-refractivity contribution in [3.63, 3.8) is 0 Å². The van der Waals surface area contributed by atoms with Gasteiger partial charge >= 0.3 is 5.69 Å². The molecule has 0 aliphatic carbocycles. The van der Waals surface area contributed by atoms with Crippen LogP contribution in [0.4, 0.5) is 20.3 Å². The Balaban J connectivity index is 0.988. The summed E-state index contributed by atoms with van der Waals surface area (Å²) in [5, 5.41) is 19.2. The van der Waals surface area contributed by atoms with E-state index in [4.69, 9.17) is 0 Å². The number of nitrogens with one attached hydrogen (secondary N) is 3. The molecule has 3 aromatic carbocycles. The summed E-state index contributed by atoms with van der Waals surface area (Å²) >= 11 is 0. The molecular weight excluding hydrogens is 853 g/mol. The minimum Gasteiger partial charge on any atom is -0.507 e. The standard InChI is InChI=1S/C48H49F2N9O7/c1-5-20-56-21-22-57(27(3)25-56)43-31-23-33(50)41(40-32(49)11-9-13-36(40)60)54-44(31)59(48(66)55-43)42-26(2)15-16-29(28(42)4)24-52-37(61)14-6-7-19-51-34-12-8-10-30-39(34)47(65)58(46(30)64)35-17-18-38(62)53-45(35)63/h5,8-13,15-16,23,27,35,51,60H,1,6-7,14,17-22,24-25H2,2-4H3,(H,52,61)(H,53,62,63)/t27-,35?/m0/s1. The van der Waals surface area contributed by atoms with E-state index in [0.717, 1.165) is 11.0 Å². The molecule has 66 heavy (non-hydrogen) atoms. The lowest BCUT2D eigenvalue weighted by atomic mass is 10.0. The Morgan fingerprint density at radius 2 is 1.76 bits per heavy atom. The maximum absolute atomic E-state index is 16.2. The lowest BCUT2D eigenvalue weighted by molar-refractivity contribution is -0.136. The molecule has 3 aliphatic rings. The van der Waals surface area contributed by atoms with Crippen LogP contribution in [0, 0.1) is 25.5 Å². The third-order valence-corrected chi connectivity index (χ3v) is 12.5. The fourth-order valence-corrected chi connectivity index (χ4v) is 9.14. The first kappa shape index (κ1) is 45.2. The molecule has 8 rings (SSSR count). The smallest absolute Gasteiger partial charge is 0.355 e. The summed E-state index contributed by atoms with van der Waals surface area (Å²) in [6.45, 7) is 12.3. The maximum atomic E-state index is 16.2. The molecule has 342 valence electrons. The summed E-state index contributed by atoms with van der Waals surface area (Å²) in [4.78, 5) is 92.5. The van der Waals surface area contributed by atoms with E-state index in [1.165, 1.54) is 28.8 Å². The number of pyridine rings is 1. The molecular formula is C48H49F2N9O7. The fourth-order valence-electron chi connectivity index (χ4n) is 9.14. The molecule has 16 nitrogen and oxygen atoms in total. The number of piperidine rings is 1. The van der Waals surface area contributed by atoms with Crippen LogP contribution < -0.4 is 26.5 Å². The highest BCUT2D eigenvalue weighted by molar-refractivity contribution is 6.25.